The van der Waals surface area contributed by atoms with Crippen molar-refractivity contribution in [1.29, 1.82) is 0 Å². The minimum Gasteiger partial charge on any atom is -0.353 e. The largest absolute Gasteiger partial charge is 0.353 e. The number of carbonyl (C=O) groups excluding carboxylic acids is 1. The molecule has 0 radical (unpaired) electrons. The first-order valence-electron chi connectivity index (χ1n) is 5.72. The molecule has 0 aliphatic heterocycles. The van der Waals surface area contributed by atoms with Crippen molar-refractivity contribution in [3.8, 4) is 11.8 Å². The second-order valence-electron chi connectivity index (χ2n) is 3.87. The molecule has 0 spiro atoms. The molecule has 3 nitrogen and oxygen atoms in total. The van der Waals surface area contributed by atoms with Gasteiger partial charge in [-0.1, -0.05) is 0 Å². The maximum Gasteiger partial charge on any atom is 0.220 e. The summed E-state index contributed by atoms with van der Waals surface area (Å²) in [7, 11) is 0. The van der Waals surface area contributed by atoms with E-state index in [1.165, 1.54) is 12.8 Å². The fraction of sp³-hybridized carbons (Fsp3) is 0.750. The number of rotatable bonds is 7. The van der Waals surface area contributed by atoms with E-state index in [2.05, 4.69) is 22.5 Å². The van der Waals surface area contributed by atoms with Crippen LogP contribution in [0.3, 0.4) is 0 Å². The monoisotopic (exact) mass is 208 g/mol. The molecule has 0 bridgehead atoms. The molecule has 2 N–H and O–H groups in total. The van der Waals surface area contributed by atoms with Gasteiger partial charge < -0.3 is 10.6 Å². The van der Waals surface area contributed by atoms with Crippen LogP contribution in [0.4, 0.5) is 0 Å². The summed E-state index contributed by atoms with van der Waals surface area (Å²) in [6.45, 7) is 3.68. The van der Waals surface area contributed by atoms with Gasteiger partial charge in [0.05, 0.1) is 0 Å². The first kappa shape index (κ1) is 12.1. The zero-order valence-electron chi connectivity index (χ0n) is 9.44. The molecule has 0 aromatic heterocycles. The highest BCUT2D eigenvalue weighted by atomic mass is 16.1. The van der Waals surface area contributed by atoms with E-state index in [9.17, 15) is 4.79 Å². The highest BCUT2D eigenvalue weighted by molar-refractivity contribution is 5.76. The first-order chi connectivity index (χ1) is 7.33. The van der Waals surface area contributed by atoms with Crippen molar-refractivity contribution in [2.75, 3.05) is 13.1 Å². The molecular weight excluding hydrogens is 188 g/mol. The van der Waals surface area contributed by atoms with Gasteiger partial charge in [0.25, 0.3) is 0 Å². The molecule has 0 atom stereocenters. The Morgan fingerprint density at radius 2 is 2.20 bits per heavy atom. The molecule has 0 heterocycles. The van der Waals surface area contributed by atoms with Gasteiger partial charge in [-0.05, 0) is 32.7 Å². The predicted octanol–water partition coefficient (Wildman–Crippen LogP) is 1.05. The summed E-state index contributed by atoms with van der Waals surface area (Å²) < 4.78 is 0. The maximum atomic E-state index is 11.3. The lowest BCUT2D eigenvalue weighted by atomic mass is 10.3. The fourth-order valence-electron chi connectivity index (χ4n) is 1.30. The van der Waals surface area contributed by atoms with E-state index in [4.69, 9.17) is 0 Å². The summed E-state index contributed by atoms with van der Waals surface area (Å²) in [5.41, 5.74) is 0. The second-order valence-corrected chi connectivity index (χ2v) is 3.87. The van der Waals surface area contributed by atoms with Gasteiger partial charge in [0.15, 0.2) is 0 Å². The van der Waals surface area contributed by atoms with Crippen LogP contribution in [-0.4, -0.2) is 25.0 Å². The van der Waals surface area contributed by atoms with Gasteiger partial charge in [-0.2, -0.15) is 0 Å². The summed E-state index contributed by atoms with van der Waals surface area (Å²) in [6, 6.07) is 0.491. The molecule has 0 saturated heterocycles. The van der Waals surface area contributed by atoms with Crippen molar-refractivity contribution < 1.29 is 4.79 Å². The Hall–Kier alpha value is -1.01. The zero-order chi connectivity index (χ0) is 10.9. The lowest BCUT2D eigenvalue weighted by Crippen LogP contribution is -2.26. The minimum absolute atomic E-state index is 0.202. The SMILES string of the molecule is CC#CCCNCCCC(=O)NC1CC1. The van der Waals surface area contributed by atoms with Gasteiger partial charge in [-0.15, -0.1) is 11.8 Å². The van der Waals surface area contributed by atoms with E-state index in [1.54, 1.807) is 0 Å². The summed E-state index contributed by atoms with van der Waals surface area (Å²) in [5.74, 6) is 6.04. The lowest BCUT2D eigenvalue weighted by molar-refractivity contribution is -0.121. The second kappa shape index (κ2) is 7.30. The third-order valence-corrected chi connectivity index (χ3v) is 2.30. The van der Waals surface area contributed by atoms with Crippen LogP contribution in [-0.2, 0) is 4.79 Å². The average molecular weight is 208 g/mol. The van der Waals surface area contributed by atoms with Crippen molar-refractivity contribution in [1.82, 2.24) is 10.6 Å². The molecule has 1 amide bonds. The van der Waals surface area contributed by atoms with Crippen LogP contribution in [0.25, 0.3) is 0 Å². The first-order valence-corrected chi connectivity index (χ1v) is 5.72. The third kappa shape index (κ3) is 6.98. The van der Waals surface area contributed by atoms with Gasteiger partial charge in [-0.3, -0.25) is 4.79 Å². The summed E-state index contributed by atoms with van der Waals surface area (Å²) in [5, 5.41) is 6.24. The Balaban J connectivity index is 1.82. The minimum atomic E-state index is 0.202. The third-order valence-electron chi connectivity index (χ3n) is 2.30. The van der Waals surface area contributed by atoms with Crippen LogP contribution in [0.5, 0.6) is 0 Å². The topological polar surface area (TPSA) is 41.1 Å². The van der Waals surface area contributed by atoms with Gasteiger partial charge in [-0.25, -0.2) is 0 Å². The Kier molecular flexibility index (Phi) is 5.87. The molecule has 1 saturated carbocycles. The van der Waals surface area contributed by atoms with Crippen molar-refractivity contribution in [2.45, 2.75) is 45.1 Å². The van der Waals surface area contributed by atoms with Crippen molar-refractivity contribution >= 4 is 5.91 Å². The number of hydrogen-bond donors (Lipinski definition) is 2. The Labute approximate surface area is 92.0 Å². The molecule has 84 valence electrons. The highest BCUT2D eigenvalue weighted by Crippen LogP contribution is 2.18. The quantitative estimate of drug-likeness (QED) is 0.485. The van der Waals surface area contributed by atoms with Gasteiger partial charge >= 0.3 is 0 Å². The zero-order valence-corrected chi connectivity index (χ0v) is 9.44. The number of nitrogens with one attached hydrogen (secondary N) is 2. The van der Waals surface area contributed by atoms with Crippen molar-refractivity contribution in [2.24, 2.45) is 0 Å². The normalized spacial score (nSPS) is 14.2. The lowest BCUT2D eigenvalue weighted by Gasteiger charge is -2.03. The summed E-state index contributed by atoms with van der Waals surface area (Å²) in [6.07, 6.45) is 4.78. The van der Waals surface area contributed by atoms with Crippen LogP contribution < -0.4 is 10.6 Å². The predicted molar refractivity (Wildman–Crippen MR) is 61.3 cm³/mol. The molecule has 0 unspecified atom stereocenters. The van der Waals surface area contributed by atoms with Crippen LogP contribution in [0.1, 0.15) is 39.0 Å². The Morgan fingerprint density at radius 3 is 2.87 bits per heavy atom. The van der Waals surface area contributed by atoms with E-state index in [0.29, 0.717) is 12.5 Å². The average Bonchev–Trinajstić information content (AvgIpc) is 3.00. The highest BCUT2D eigenvalue weighted by Gasteiger charge is 2.22. The molecule has 1 rings (SSSR count). The Morgan fingerprint density at radius 1 is 1.40 bits per heavy atom. The van der Waals surface area contributed by atoms with E-state index in [1.807, 2.05) is 6.92 Å². The smallest absolute Gasteiger partial charge is 0.220 e. The van der Waals surface area contributed by atoms with Crippen molar-refractivity contribution in [3.63, 3.8) is 0 Å². The summed E-state index contributed by atoms with van der Waals surface area (Å²) >= 11 is 0. The number of carbonyl (C=O) groups is 1. The summed E-state index contributed by atoms with van der Waals surface area (Å²) in [4.78, 5) is 11.3. The van der Waals surface area contributed by atoms with Crippen LogP contribution in [0.15, 0.2) is 0 Å². The van der Waals surface area contributed by atoms with E-state index < -0.39 is 0 Å². The molecule has 0 aromatic carbocycles. The number of hydrogen-bond acceptors (Lipinski definition) is 2. The van der Waals surface area contributed by atoms with Crippen LogP contribution >= 0.6 is 0 Å². The standard InChI is InChI=1S/C12H20N2O/c1-2-3-4-9-13-10-5-6-12(15)14-11-7-8-11/h11,13H,4-10H2,1H3,(H,14,15). The van der Waals surface area contributed by atoms with Crippen molar-refractivity contribution in [3.05, 3.63) is 0 Å². The maximum absolute atomic E-state index is 11.3. The van der Waals surface area contributed by atoms with Gasteiger partial charge in [0.2, 0.25) is 5.91 Å². The molecule has 3 heteroatoms. The van der Waals surface area contributed by atoms with E-state index >= 15 is 0 Å². The van der Waals surface area contributed by atoms with E-state index in [-0.39, 0.29) is 5.91 Å². The molecule has 1 aliphatic rings. The molecular formula is C12H20N2O. The van der Waals surface area contributed by atoms with Crippen LogP contribution in [0.2, 0.25) is 0 Å². The fourth-order valence-corrected chi connectivity index (χ4v) is 1.30. The van der Waals surface area contributed by atoms with E-state index in [0.717, 1.165) is 25.9 Å². The van der Waals surface area contributed by atoms with Gasteiger partial charge in [0.1, 0.15) is 0 Å². The Bertz CT molecular complexity index is 248. The molecule has 1 fully saturated rings. The number of amides is 1. The molecule has 15 heavy (non-hydrogen) atoms. The molecule has 1 aliphatic carbocycles. The van der Waals surface area contributed by atoms with Gasteiger partial charge in [0, 0.05) is 25.4 Å². The molecule has 0 aromatic rings. The van der Waals surface area contributed by atoms with Crippen LogP contribution in [0, 0.1) is 11.8 Å².